The molecule has 1 aliphatic rings. The number of hydrogen-bond donors (Lipinski definition) is 2. The summed E-state index contributed by atoms with van der Waals surface area (Å²) in [6.07, 6.45) is 0.498. The van der Waals surface area contributed by atoms with E-state index < -0.39 is 17.4 Å². The van der Waals surface area contributed by atoms with Gasteiger partial charge in [-0.3, -0.25) is 4.79 Å². The number of fused-ring (bicyclic) bond motifs is 1. The Hall–Kier alpha value is -1.59. The lowest BCUT2D eigenvalue weighted by molar-refractivity contribution is -0.139. The monoisotopic (exact) mass is 369 g/mol. The van der Waals surface area contributed by atoms with Gasteiger partial charge in [0, 0.05) is 15.6 Å². The molecule has 0 radical (unpaired) electrons. The molecule has 1 heterocycles. The number of aldehydes is 1. The molecule has 2 aromatic rings. The normalized spacial score (nSPS) is 20.8. The Kier molecular flexibility index (Phi) is 4.10. The first-order valence-corrected chi connectivity index (χ1v) is 7.76. The topological polar surface area (TPSA) is 66.4 Å². The van der Waals surface area contributed by atoms with Crippen molar-refractivity contribution in [2.75, 3.05) is 5.32 Å². The number of hydrogen-bond acceptors (Lipinski definition) is 3. The van der Waals surface area contributed by atoms with E-state index in [2.05, 4.69) is 5.32 Å². The van der Waals surface area contributed by atoms with Crippen molar-refractivity contribution in [2.24, 2.45) is 0 Å². The molecule has 0 fully saturated rings. The van der Waals surface area contributed by atoms with Crippen LogP contribution in [-0.2, 0) is 15.2 Å². The van der Waals surface area contributed by atoms with E-state index in [1.54, 1.807) is 18.2 Å². The van der Waals surface area contributed by atoms with Crippen LogP contribution in [0.25, 0.3) is 0 Å². The van der Waals surface area contributed by atoms with E-state index in [-0.39, 0.29) is 21.3 Å². The minimum atomic E-state index is -2.16. The van der Waals surface area contributed by atoms with E-state index in [0.29, 0.717) is 16.9 Å². The van der Waals surface area contributed by atoms with E-state index in [1.807, 2.05) is 0 Å². The molecule has 2 aromatic carbocycles. The van der Waals surface area contributed by atoms with Crippen LogP contribution in [-0.4, -0.2) is 17.3 Å². The maximum atomic E-state index is 12.4. The molecule has 23 heavy (non-hydrogen) atoms. The lowest BCUT2D eigenvalue weighted by Crippen LogP contribution is -2.41. The van der Waals surface area contributed by atoms with E-state index >= 15 is 0 Å². The van der Waals surface area contributed by atoms with Gasteiger partial charge in [-0.05, 0) is 29.8 Å². The van der Waals surface area contributed by atoms with Crippen molar-refractivity contribution in [1.82, 2.24) is 0 Å². The second-order valence-electron chi connectivity index (χ2n) is 5.17. The number of anilines is 1. The molecule has 2 N–H and O–H groups in total. The summed E-state index contributed by atoms with van der Waals surface area (Å²) < 4.78 is 0. The van der Waals surface area contributed by atoms with Gasteiger partial charge in [0.05, 0.1) is 16.6 Å². The molecule has 0 saturated heterocycles. The van der Waals surface area contributed by atoms with Gasteiger partial charge in [-0.25, -0.2) is 0 Å². The van der Waals surface area contributed by atoms with Gasteiger partial charge in [0.15, 0.2) is 5.60 Å². The molecule has 0 aliphatic carbocycles. The summed E-state index contributed by atoms with van der Waals surface area (Å²) in [5.41, 5.74) is -1.47. The van der Waals surface area contributed by atoms with Gasteiger partial charge >= 0.3 is 0 Å². The molecule has 118 valence electrons. The van der Waals surface area contributed by atoms with Crippen molar-refractivity contribution in [2.45, 2.75) is 11.5 Å². The summed E-state index contributed by atoms with van der Waals surface area (Å²) in [6, 6.07) is 9.35. The molecule has 2 atom stereocenters. The summed E-state index contributed by atoms with van der Waals surface area (Å²) in [6.45, 7) is 0. The minimum Gasteiger partial charge on any atom is -0.374 e. The predicted molar refractivity (Wildman–Crippen MR) is 89.2 cm³/mol. The van der Waals surface area contributed by atoms with Crippen LogP contribution in [0.2, 0.25) is 15.1 Å². The molecular formula is C16H10Cl3NO3. The van der Waals surface area contributed by atoms with Crippen molar-refractivity contribution >= 4 is 52.7 Å². The van der Waals surface area contributed by atoms with E-state index in [4.69, 9.17) is 34.8 Å². The lowest BCUT2D eigenvalue weighted by Gasteiger charge is -2.28. The first-order valence-electron chi connectivity index (χ1n) is 6.62. The Morgan fingerprint density at radius 3 is 2.48 bits per heavy atom. The SMILES string of the molecule is O=CC(c1cccc(Cl)c1)C1(O)C(=O)Nc2c(Cl)ccc(Cl)c21. The second-order valence-corrected chi connectivity index (χ2v) is 6.42. The molecule has 1 aliphatic heterocycles. The number of nitrogens with one attached hydrogen (secondary N) is 1. The van der Waals surface area contributed by atoms with Crippen LogP contribution in [0, 0.1) is 0 Å². The van der Waals surface area contributed by atoms with Crippen LogP contribution in [0.5, 0.6) is 0 Å². The molecule has 4 nitrogen and oxygen atoms in total. The van der Waals surface area contributed by atoms with Gasteiger partial charge in [-0.1, -0.05) is 46.9 Å². The Labute approximate surface area is 147 Å². The molecular weight excluding hydrogens is 361 g/mol. The van der Waals surface area contributed by atoms with Crippen LogP contribution >= 0.6 is 34.8 Å². The Bertz CT molecular complexity index is 824. The highest BCUT2D eigenvalue weighted by molar-refractivity contribution is 6.38. The van der Waals surface area contributed by atoms with Crippen LogP contribution < -0.4 is 5.32 Å². The van der Waals surface area contributed by atoms with Crippen molar-refractivity contribution in [3.63, 3.8) is 0 Å². The Morgan fingerprint density at radius 1 is 1.13 bits per heavy atom. The van der Waals surface area contributed by atoms with Crippen LogP contribution in [0.1, 0.15) is 17.0 Å². The zero-order valence-electron chi connectivity index (χ0n) is 11.5. The number of amides is 1. The fraction of sp³-hybridized carbons (Fsp3) is 0.125. The highest BCUT2D eigenvalue weighted by atomic mass is 35.5. The number of halogens is 3. The number of benzene rings is 2. The predicted octanol–water partition coefficient (Wildman–Crippen LogP) is 3.77. The quantitative estimate of drug-likeness (QED) is 0.808. The Morgan fingerprint density at radius 2 is 1.83 bits per heavy atom. The summed E-state index contributed by atoms with van der Waals surface area (Å²) >= 11 is 18.2. The highest BCUT2D eigenvalue weighted by Gasteiger charge is 2.53. The summed E-state index contributed by atoms with van der Waals surface area (Å²) in [7, 11) is 0. The molecule has 0 aromatic heterocycles. The first kappa shape index (κ1) is 16.3. The summed E-state index contributed by atoms with van der Waals surface area (Å²) in [5.74, 6) is -1.95. The third-order valence-corrected chi connectivity index (χ3v) is 4.73. The lowest BCUT2D eigenvalue weighted by atomic mass is 9.79. The summed E-state index contributed by atoms with van der Waals surface area (Å²) in [4.78, 5) is 24.1. The number of aliphatic hydroxyl groups is 1. The third-order valence-electron chi connectivity index (χ3n) is 3.86. The molecule has 0 saturated carbocycles. The molecule has 0 spiro atoms. The molecule has 2 unspecified atom stereocenters. The standard InChI is InChI=1S/C16H10Cl3NO3/c17-9-3-1-2-8(6-9)10(7-21)16(23)13-11(18)4-5-12(19)14(13)20-15(16)22/h1-7,10,23H,(H,20,22). The minimum absolute atomic E-state index is 0.0914. The van der Waals surface area contributed by atoms with Gasteiger partial charge in [0.25, 0.3) is 5.91 Å². The fourth-order valence-corrected chi connectivity index (χ4v) is 3.49. The smallest absolute Gasteiger partial charge is 0.262 e. The fourth-order valence-electron chi connectivity index (χ4n) is 2.78. The van der Waals surface area contributed by atoms with Crippen molar-refractivity contribution in [1.29, 1.82) is 0 Å². The van der Waals surface area contributed by atoms with Gasteiger partial charge in [0.2, 0.25) is 0 Å². The average Bonchev–Trinajstić information content (AvgIpc) is 2.78. The van der Waals surface area contributed by atoms with E-state index in [0.717, 1.165) is 0 Å². The zero-order valence-corrected chi connectivity index (χ0v) is 13.8. The molecule has 1 amide bonds. The van der Waals surface area contributed by atoms with Gasteiger partial charge in [-0.2, -0.15) is 0 Å². The number of carbonyl (C=O) groups is 2. The second kappa shape index (κ2) is 5.80. The number of carbonyl (C=O) groups excluding carboxylic acids is 2. The van der Waals surface area contributed by atoms with Crippen LogP contribution in [0.4, 0.5) is 5.69 Å². The van der Waals surface area contributed by atoms with Crippen molar-refractivity contribution in [3.05, 3.63) is 62.6 Å². The van der Waals surface area contributed by atoms with Crippen molar-refractivity contribution in [3.8, 4) is 0 Å². The third kappa shape index (κ3) is 2.42. The molecule has 3 rings (SSSR count). The largest absolute Gasteiger partial charge is 0.374 e. The number of rotatable bonds is 3. The average molecular weight is 371 g/mol. The van der Waals surface area contributed by atoms with Crippen LogP contribution in [0.15, 0.2) is 36.4 Å². The first-order chi connectivity index (χ1) is 10.9. The van der Waals surface area contributed by atoms with Gasteiger partial charge < -0.3 is 15.2 Å². The highest BCUT2D eigenvalue weighted by Crippen LogP contribution is 2.50. The molecule has 0 bridgehead atoms. The van der Waals surface area contributed by atoms with Gasteiger partial charge in [0.1, 0.15) is 6.29 Å². The Balaban J connectivity index is 2.24. The zero-order chi connectivity index (χ0) is 16.8. The summed E-state index contributed by atoms with van der Waals surface area (Å²) in [5, 5.41) is 14.3. The van der Waals surface area contributed by atoms with E-state index in [9.17, 15) is 14.7 Å². The van der Waals surface area contributed by atoms with Gasteiger partial charge in [-0.15, -0.1) is 0 Å². The van der Waals surface area contributed by atoms with E-state index in [1.165, 1.54) is 18.2 Å². The maximum Gasteiger partial charge on any atom is 0.262 e. The van der Waals surface area contributed by atoms with Crippen LogP contribution in [0.3, 0.4) is 0 Å². The maximum absolute atomic E-state index is 12.4. The molecule has 7 heteroatoms. The van der Waals surface area contributed by atoms with Crippen molar-refractivity contribution < 1.29 is 14.7 Å².